The SMILES string of the molecule is Cc1ccc(C(=O)C2CC3CCC(C2)S3=O)cc1F. The van der Waals surface area contributed by atoms with E-state index in [1.54, 1.807) is 19.1 Å². The fraction of sp³-hybridized carbons (Fsp3) is 0.533. The van der Waals surface area contributed by atoms with Crippen molar-refractivity contribution in [1.29, 1.82) is 0 Å². The van der Waals surface area contributed by atoms with Crippen molar-refractivity contribution in [2.45, 2.75) is 43.1 Å². The Kier molecular flexibility index (Phi) is 3.29. The van der Waals surface area contributed by atoms with E-state index in [4.69, 9.17) is 0 Å². The monoisotopic (exact) mass is 280 g/mol. The largest absolute Gasteiger partial charge is 0.294 e. The highest BCUT2D eigenvalue weighted by molar-refractivity contribution is 7.86. The van der Waals surface area contributed by atoms with E-state index in [9.17, 15) is 13.4 Å². The molecule has 0 saturated carbocycles. The molecule has 19 heavy (non-hydrogen) atoms. The van der Waals surface area contributed by atoms with Crippen LogP contribution in [0.3, 0.4) is 0 Å². The Morgan fingerprint density at radius 3 is 2.47 bits per heavy atom. The first-order valence-corrected chi connectivity index (χ1v) is 8.03. The van der Waals surface area contributed by atoms with Gasteiger partial charge in [-0.05, 0) is 44.2 Å². The van der Waals surface area contributed by atoms with Crippen LogP contribution in [0.2, 0.25) is 0 Å². The van der Waals surface area contributed by atoms with Crippen LogP contribution in [0, 0.1) is 18.7 Å². The summed E-state index contributed by atoms with van der Waals surface area (Å²) in [5.41, 5.74) is 1.02. The third-order valence-electron chi connectivity index (χ3n) is 4.39. The Morgan fingerprint density at radius 2 is 1.89 bits per heavy atom. The topological polar surface area (TPSA) is 34.1 Å². The van der Waals surface area contributed by atoms with E-state index in [-0.39, 0.29) is 28.0 Å². The molecule has 1 aromatic rings. The molecule has 2 saturated heterocycles. The third-order valence-corrected chi connectivity index (χ3v) is 6.56. The lowest BCUT2D eigenvalue weighted by molar-refractivity contribution is 0.0905. The van der Waals surface area contributed by atoms with E-state index in [2.05, 4.69) is 0 Å². The quantitative estimate of drug-likeness (QED) is 0.780. The van der Waals surface area contributed by atoms with Crippen LogP contribution in [-0.2, 0) is 10.8 Å². The molecule has 0 N–H and O–H groups in total. The van der Waals surface area contributed by atoms with Crippen molar-refractivity contribution in [3.8, 4) is 0 Å². The molecule has 2 fully saturated rings. The van der Waals surface area contributed by atoms with Gasteiger partial charge < -0.3 is 0 Å². The molecule has 2 aliphatic heterocycles. The van der Waals surface area contributed by atoms with E-state index < -0.39 is 10.8 Å². The maximum atomic E-state index is 13.5. The Hall–Kier alpha value is -1.03. The van der Waals surface area contributed by atoms with Gasteiger partial charge in [-0.1, -0.05) is 12.1 Å². The summed E-state index contributed by atoms with van der Waals surface area (Å²) in [5.74, 6) is -0.377. The molecule has 2 atom stereocenters. The molecule has 2 unspecified atom stereocenters. The smallest absolute Gasteiger partial charge is 0.166 e. The van der Waals surface area contributed by atoms with Crippen LogP contribution in [0.15, 0.2) is 18.2 Å². The van der Waals surface area contributed by atoms with Crippen LogP contribution in [0.4, 0.5) is 4.39 Å². The van der Waals surface area contributed by atoms with E-state index in [0.717, 1.165) is 12.8 Å². The van der Waals surface area contributed by atoms with E-state index >= 15 is 0 Å². The van der Waals surface area contributed by atoms with E-state index in [1.807, 2.05) is 0 Å². The van der Waals surface area contributed by atoms with Gasteiger partial charge >= 0.3 is 0 Å². The van der Waals surface area contributed by atoms with Gasteiger partial charge in [-0.3, -0.25) is 9.00 Å². The first-order valence-electron chi connectivity index (χ1n) is 6.76. The van der Waals surface area contributed by atoms with Crippen molar-refractivity contribution in [3.63, 3.8) is 0 Å². The number of benzene rings is 1. The lowest BCUT2D eigenvalue weighted by Gasteiger charge is -2.26. The minimum absolute atomic E-state index is 0.0208. The summed E-state index contributed by atoms with van der Waals surface area (Å²) in [4.78, 5) is 12.4. The number of hydrogen-bond donors (Lipinski definition) is 0. The molecule has 2 aliphatic rings. The van der Waals surface area contributed by atoms with Crippen LogP contribution in [0.1, 0.15) is 41.6 Å². The van der Waals surface area contributed by atoms with Crippen LogP contribution < -0.4 is 0 Å². The number of carbonyl (C=O) groups excluding carboxylic acids is 1. The van der Waals surface area contributed by atoms with Crippen molar-refractivity contribution < 1.29 is 13.4 Å². The molecule has 4 heteroatoms. The summed E-state index contributed by atoms with van der Waals surface area (Å²) in [6.07, 6.45) is 3.36. The molecular weight excluding hydrogens is 263 g/mol. The number of ketones is 1. The summed E-state index contributed by atoms with van der Waals surface area (Å²) in [6, 6.07) is 4.69. The summed E-state index contributed by atoms with van der Waals surface area (Å²) in [6.45, 7) is 1.69. The van der Waals surface area contributed by atoms with Gasteiger partial charge in [-0.2, -0.15) is 0 Å². The standard InChI is InChI=1S/C15H17FO2S/c1-9-2-3-10(8-14(9)16)15(17)11-6-12-4-5-13(7-11)19(12)18/h2-3,8,11-13H,4-7H2,1H3. The Balaban J connectivity index is 1.81. The summed E-state index contributed by atoms with van der Waals surface area (Å²) in [5, 5.41) is 0.367. The molecule has 0 amide bonds. The Labute approximate surface area is 114 Å². The molecule has 2 bridgehead atoms. The number of hydrogen-bond acceptors (Lipinski definition) is 2. The molecule has 102 valence electrons. The van der Waals surface area contributed by atoms with Gasteiger partial charge in [0.1, 0.15) is 5.82 Å². The van der Waals surface area contributed by atoms with Gasteiger partial charge in [0.05, 0.1) is 0 Å². The van der Waals surface area contributed by atoms with Crippen molar-refractivity contribution >= 4 is 16.6 Å². The minimum Gasteiger partial charge on any atom is -0.294 e. The molecule has 0 aromatic heterocycles. The summed E-state index contributed by atoms with van der Waals surface area (Å²) >= 11 is 0. The number of halogens is 1. The van der Waals surface area contributed by atoms with Crippen molar-refractivity contribution in [2.75, 3.05) is 0 Å². The summed E-state index contributed by atoms with van der Waals surface area (Å²) in [7, 11) is -0.747. The van der Waals surface area contributed by atoms with Gasteiger partial charge in [0.2, 0.25) is 0 Å². The second-order valence-corrected chi connectivity index (χ2v) is 7.64. The number of carbonyl (C=O) groups is 1. The maximum Gasteiger partial charge on any atom is 0.166 e. The van der Waals surface area contributed by atoms with Crippen molar-refractivity contribution in [1.82, 2.24) is 0 Å². The molecule has 3 rings (SSSR count). The minimum atomic E-state index is -0.747. The third kappa shape index (κ3) is 2.27. The van der Waals surface area contributed by atoms with Gasteiger partial charge in [0, 0.05) is 32.8 Å². The molecule has 0 aliphatic carbocycles. The average molecular weight is 280 g/mol. The highest BCUT2D eigenvalue weighted by Gasteiger charge is 2.42. The lowest BCUT2D eigenvalue weighted by Crippen LogP contribution is -2.32. The zero-order chi connectivity index (χ0) is 13.6. The number of fused-ring (bicyclic) bond motifs is 2. The predicted octanol–water partition coefficient (Wildman–Crippen LogP) is 3.01. The zero-order valence-corrected chi connectivity index (χ0v) is 11.7. The average Bonchev–Trinajstić information content (AvgIpc) is 2.64. The highest BCUT2D eigenvalue weighted by Crippen LogP contribution is 2.39. The van der Waals surface area contributed by atoms with Crippen molar-refractivity contribution in [2.24, 2.45) is 5.92 Å². The summed E-state index contributed by atoms with van der Waals surface area (Å²) < 4.78 is 25.5. The number of aryl methyl sites for hydroxylation is 1. The fourth-order valence-electron chi connectivity index (χ4n) is 3.23. The Bertz CT molecular complexity index is 539. The van der Waals surface area contributed by atoms with Crippen LogP contribution in [0.25, 0.3) is 0 Å². The van der Waals surface area contributed by atoms with E-state index in [1.165, 1.54) is 6.07 Å². The maximum absolute atomic E-state index is 13.5. The Morgan fingerprint density at radius 1 is 1.26 bits per heavy atom. The molecule has 0 spiro atoms. The fourth-order valence-corrected chi connectivity index (χ4v) is 5.35. The van der Waals surface area contributed by atoms with Gasteiger partial charge in [0.15, 0.2) is 5.78 Å². The van der Waals surface area contributed by atoms with E-state index in [0.29, 0.717) is 24.0 Å². The van der Waals surface area contributed by atoms with Crippen LogP contribution >= 0.6 is 0 Å². The van der Waals surface area contributed by atoms with Crippen LogP contribution in [0.5, 0.6) is 0 Å². The normalized spacial score (nSPS) is 33.4. The lowest BCUT2D eigenvalue weighted by atomic mass is 9.90. The predicted molar refractivity (Wildman–Crippen MR) is 73.1 cm³/mol. The molecule has 2 nitrogen and oxygen atoms in total. The second kappa shape index (κ2) is 4.82. The first kappa shape index (κ1) is 13.0. The number of rotatable bonds is 2. The first-order chi connectivity index (χ1) is 9.06. The molecular formula is C15H17FO2S. The van der Waals surface area contributed by atoms with Crippen molar-refractivity contribution in [3.05, 3.63) is 35.1 Å². The number of Topliss-reactive ketones (excluding diaryl/α,β-unsaturated/α-hetero) is 1. The van der Waals surface area contributed by atoms with Gasteiger partial charge in [0.25, 0.3) is 0 Å². The molecule has 2 heterocycles. The zero-order valence-electron chi connectivity index (χ0n) is 10.9. The highest BCUT2D eigenvalue weighted by atomic mass is 32.2. The molecule has 0 radical (unpaired) electrons. The van der Waals surface area contributed by atoms with Crippen LogP contribution in [-0.4, -0.2) is 20.5 Å². The van der Waals surface area contributed by atoms with Gasteiger partial charge in [-0.25, -0.2) is 4.39 Å². The van der Waals surface area contributed by atoms with Gasteiger partial charge in [-0.15, -0.1) is 0 Å². The second-order valence-electron chi connectivity index (χ2n) is 5.65. The molecule has 1 aromatic carbocycles.